The number of nitrogen functional groups attached to an aromatic ring is 2. The summed E-state index contributed by atoms with van der Waals surface area (Å²) in [6, 6.07) is 0. The van der Waals surface area contributed by atoms with Gasteiger partial charge in [-0.2, -0.15) is 13.1 Å². The van der Waals surface area contributed by atoms with Gasteiger partial charge in [0, 0.05) is 13.1 Å². The van der Waals surface area contributed by atoms with Crippen molar-refractivity contribution in [2.45, 2.75) is 58.3 Å². The second kappa shape index (κ2) is 20.1. The second-order valence-electron chi connectivity index (χ2n) is 12.2. The summed E-state index contributed by atoms with van der Waals surface area (Å²) in [4.78, 5) is 61.5. The number of aromatic nitrogens is 6. The van der Waals surface area contributed by atoms with E-state index in [1.165, 1.54) is 6.33 Å². The molecule has 0 saturated heterocycles. The molecular weight excluding hydrogens is 837 g/mol. The fraction of sp³-hybridized carbons (Fsp3) is 0.667. The Hall–Kier alpha value is -2.70. The van der Waals surface area contributed by atoms with Gasteiger partial charge in [0.15, 0.2) is 22.7 Å². The van der Waals surface area contributed by atoms with Crippen molar-refractivity contribution in [1.82, 2.24) is 50.3 Å². The lowest BCUT2D eigenvalue weighted by Gasteiger charge is -2.21. The first kappa shape index (κ1) is 42.0. The minimum atomic E-state index is -3.70. The summed E-state index contributed by atoms with van der Waals surface area (Å²) in [5.41, 5.74) is 11.2. The van der Waals surface area contributed by atoms with Crippen molar-refractivity contribution in [3.05, 3.63) is 27.0 Å². The van der Waals surface area contributed by atoms with E-state index in [-0.39, 0.29) is 47.9 Å². The van der Waals surface area contributed by atoms with Crippen molar-refractivity contribution in [3.63, 3.8) is 0 Å². The standard InChI is InChI=1S/C27H49IN14O8P2/c1-18(13-41-15-33-20-22(41)36-26(29)38-24(20)43)49-16-51(45,46)34-11-5-9-31-7-3-4-8-32-10-6-12-35-52(47,48)17-50-19(2)14-42-23-21(40-28-42)25(44)39-27(30)37-23/h15,18-19,31-32H,3-14,16-17H2,1-2H3,(H2,34,45,46)(H2,35,47,48)(H3,29,36,38,43)(H3,30,37,39,44). The first-order chi connectivity index (χ1) is 24.7. The van der Waals surface area contributed by atoms with E-state index in [9.17, 15) is 28.5 Å². The van der Waals surface area contributed by atoms with E-state index in [1.807, 2.05) is 3.11 Å². The Morgan fingerprint density at radius 3 is 1.98 bits per heavy atom. The molecule has 1 aliphatic heterocycles. The van der Waals surface area contributed by atoms with Gasteiger partial charge in [0.1, 0.15) is 34.0 Å². The largest absolute Gasteiger partial charge is 0.369 e. The molecule has 292 valence electrons. The molecule has 0 radical (unpaired) electrons. The van der Waals surface area contributed by atoms with E-state index >= 15 is 0 Å². The maximum Gasteiger partial charge on any atom is 0.292 e. The summed E-state index contributed by atoms with van der Waals surface area (Å²) >= 11 is -0.848. The molecule has 0 saturated carbocycles. The maximum atomic E-state index is 12.5. The smallest absolute Gasteiger partial charge is 0.292 e. The molecule has 4 unspecified atom stereocenters. The molecule has 0 bridgehead atoms. The van der Waals surface area contributed by atoms with Gasteiger partial charge in [0.25, 0.3) is 26.2 Å². The van der Waals surface area contributed by atoms with Crippen LogP contribution in [0.3, 0.4) is 0 Å². The molecule has 4 heterocycles. The summed E-state index contributed by atoms with van der Waals surface area (Å²) in [5, 5.41) is 12.0. The summed E-state index contributed by atoms with van der Waals surface area (Å²) in [5.74, 6) is 0.399. The van der Waals surface area contributed by atoms with E-state index in [0.717, 1.165) is 25.9 Å². The zero-order chi connectivity index (χ0) is 37.7. The molecule has 52 heavy (non-hydrogen) atoms. The number of ether oxygens (including phenoxy) is 2. The first-order valence-corrected chi connectivity index (χ1v) is 22.4. The lowest BCUT2D eigenvalue weighted by Crippen LogP contribution is -2.28. The van der Waals surface area contributed by atoms with E-state index in [0.29, 0.717) is 57.0 Å². The van der Waals surface area contributed by atoms with Gasteiger partial charge in [-0.05, 0) is 65.7 Å². The molecule has 12 N–H and O–H groups in total. The van der Waals surface area contributed by atoms with E-state index in [1.54, 1.807) is 18.4 Å². The molecule has 0 spiro atoms. The van der Waals surface area contributed by atoms with Crippen LogP contribution in [0.4, 0.5) is 23.4 Å². The lowest BCUT2D eigenvalue weighted by molar-refractivity contribution is 0.0816. The SMILES string of the molecule is CC(CN1I=Nc2c1nc(N)[nH]c2=O)OCP(=O)(O)NCCCNCCCCNCCCNP(=O)(O)COC(C)Cn1cnc2c(=O)[nH]c(N)nc21. The van der Waals surface area contributed by atoms with Crippen molar-refractivity contribution in [2.24, 2.45) is 3.15 Å². The summed E-state index contributed by atoms with van der Waals surface area (Å²) in [6.07, 6.45) is 3.12. The molecule has 4 atom stereocenters. The number of fused-ring (bicyclic) bond motifs is 2. The fourth-order valence-corrected chi connectivity index (χ4v) is 9.19. The normalized spacial score (nSPS) is 16.3. The number of anilines is 3. The van der Waals surface area contributed by atoms with Crippen LogP contribution >= 0.6 is 36.3 Å². The summed E-state index contributed by atoms with van der Waals surface area (Å²) < 4.78 is 43.9. The predicted octanol–water partition coefficient (Wildman–Crippen LogP) is 0.603. The highest BCUT2D eigenvalue weighted by molar-refractivity contribution is 14.2. The van der Waals surface area contributed by atoms with E-state index in [4.69, 9.17) is 20.9 Å². The van der Waals surface area contributed by atoms with Gasteiger partial charge < -0.3 is 45.9 Å². The Morgan fingerprint density at radius 1 is 0.827 bits per heavy atom. The van der Waals surface area contributed by atoms with Crippen molar-refractivity contribution in [2.75, 3.05) is 73.1 Å². The average Bonchev–Trinajstić information content (AvgIpc) is 3.67. The molecule has 3 aromatic heterocycles. The molecular formula is C27H49IN14O8P2. The van der Waals surface area contributed by atoms with E-state index in [2.05, 4.69) is 48.9 Å². The number of aromatic amines is 2. The van der Waals surface area contributed by atoms with Crippen molar-refractivity contribution < 1.29 is 28.4 Å². The van der Waals surface area contributed by atoms with Crippen molar-refractivity contribution in [3.8, 4) is 0 Å². The molecule has 3 aromatic rings. The van der Waals surface area contributed by atoms with Gasteiger partial charge >= 0.3 is 0 Å². The average molecular weight is 887 g/mol. The van der Waals surface area contributed by atoms with Crippen LogP contribution in [0.2, 0.25) is 0 Å². The first-order valence-electron chi connectivity index (χ1n) is 16.7. The maximum absolute atomic E-state index is 12.5. The quantitative estimate of drug-likeness (QED) is 0.0241. The number of H-pyrrole nitrogens is 2. The summed E-state index contributed by atoms with van der Waals surface area (Å²) in [6.45, 7) is 7.87. The van der Waals surface area contributed by atoms with Crippen LogP contribution in [0, 0.1) is 0 Å². The third kappa shape index (κ3) is 13.6. The molecule has 1 aliphatic rings. The Bertz CT molecular complexity index is 1860. The number of rotatable bonds is 25. The van der Waals surface area contributed by atoms with Gasteiger partial charge in [-0.3, -0.25) is 31.8 Å². The molecule has 0 fully saturated rings. The van der Waals surface area contributed by atoms with Gasteiger partial charge in [-0.25, -0.2) is 15.2 Å². The Kier molecular flexibility index (Phi) is 16.3. The number of nitrogens with zero attached hydrogens (tertiary/aromatic N) is 6. The predicted molar refractivity (Wildman–Crippen MR) is 206 cm³/mol. The molecule has 0 amide bonds. The number of nitrogens with one attached hydrogen (secondary N) is 6. The van der Waals surface area contributed by atoms with Gasteiger partial charge in [-0.15, -0.1) is 0 Å². The van der Waals surface area contributed by atoms with Gasteiger partial charge in [-0.1, -0.05) is 0 Å². The van der Waals surface area contributed by atoms with Crippen molar-refractivity contribution >= 4 is 70.9 Å². The Labute approximate surface area is 310 Å². The molecule has 0 aromatic carbocycles. The highest BCUT2D eigenvalue weighted by atomic mass is 127. The highest BCUT2D eigenvalue weighted by Gasteiger charge is 2.26. The van der Waals surface area contributed by atoms with Crippen molar-refractivity contribution in [1.29, 1.82) is 0 Å². The number of halogens is 1. The van der Waals surface area contributed by atoms with E-state index < -0.39 is 54.1 Å². The minimum absolute atomic E-state index is 0.00986. The molecule has 0 aliphatic carbocycles. The van der Waals surface area contributed by atoms with Crippen LogP contribution in [-0.4, -0.2) is 110 Å². The van der Waals surface area contributed by atoms with Gasteiger partial charge in [0.2, 0.25) is 11.9 Å². The topological polar surface area (TPSA) is 318 Å². The van der Waals surface area contributed by atoms with Gasteiger partial charge in [0.05, 0.1) is 31.6 Å². The second-order valence-corrected chi connectivity index (χ2v) is 18.2. The lowest BCUT2D eigenvalue weighted by atomic mass is 10.3. The van der Waals surface area contributed by atoms with Crippen LogP contribution in [0.25, 0.3) is 11.2 Å². The molecule has 22 nitrogen and oxygen atoms in total. The van der Waals surface area contributed by atoms with Crippen LogP contribution < -0.4 is 46.5 Å². The molecule has 4 rings (SSSR count). The number of hydrogen-bond donors (Lipinski definition) is 10. The summed E-state index contributed by atoms with van der Waals surface area (Å²) in [7, 11) is -7.38. The number of nitrogens with two attached hydrogens (primary N) is 2. The fourth-order valence-electron chi connectivity index (χ4n) is 4.90. The zero-order valence-electron chi connectivity index (χ0n) is 29.1. The Morgan fingerprint density at radius 2 is 1.37 bits per heavy atom. The number of imidazole rings is 1. The van der Waals surface area contributed by atoms with Crippen LogP contribution in [-0.2, 0) is 25.1 Å². The molecule has 25 heteroatoms. The zero-order valence-corrected chi connectivity index (χ0v) is 33.0. The monoisotopic (exact) mass is 886 g/mol. The van der Waals surface area contributed by atoms with Crippen LogP contribution in [0.1, 0.15) is 39.5 Å². The van der Waals surface area contributed by atoms with Crippen LogP contribution in [0.5, 0.6) is 0 Å². The highest BCUT2D eigenvalue weighted by Crippen LogP contribution is 2.39. The third-order valence-corrected chi connectivity index (χ3v) is 12.0. The third-order valence-electron chi connectivity index (χ3n) is 7.51. The minimum Gasteiger partial charge on any atom is -0.369 e. The Balaban J connectivity index is 0.944. The number of unbranched alkanes of at least 4 members (excludes halogenated alkanes) is 1. The number of hydrogen-bond acceptors (Lipinski definition) is 15. The van der Waals surface area contributed by atoms with Crippen LogP contribution in [0.15, 0.2) is 19.1 Å².